The van der Waals surface area contributed by atoms with Gasteiger partial charge in [-0.2, -0.15) is 0 Å². The number of fused-ring (bicyclic) bond motifs is 10. The van der Waals surface area contributed by atoms with Crippen LogP contribution in [0.1, 0.15) is 0 Å². The van der Waals surface area contributed by atoms with Crippen LogP contribution < -0.4 is 0 Å². The monoisotopic (exact) mass is 1430 g/mol. The van der Waals surface area contributed by atoms with E-state index >= 15 is 0 Å². The van der Waals surface area contributed by atoms with E-state index in [9.17, 15) is 0 Å². The SMILES string of the molecule is [C-]#[N+]c1cc2c(-c3cccc(-c4cc(-c5ccccc5)nc(-c5ccccc5)n4)c3)nc3ccccc3c2c2nc(-c3ccccc3)c(-c3ccccc3)nc12.[C-]#[N+]c1cc2c(-c3cccc(-c4nc(-c5ccccc5)nc(-c5ccccc5)n4)c3)nc3ccccc3c2c2nc(-c3ccccc3)c(-c3ccccc3)nc12. The van der Waals surface area contributed by atoms with Crippen LogP contribution in [0.3, 0.4) is 0 Å². The fourth-order valence-electron chi connectivity index (χ4n) is 14.7. The molecule has 0 fully saturated rings. The number of aromatic nitrogens is 11. The average Bonchev–Trinajstić information content (AvgIpc) is 0.726. The molecule has 0 saturated carbocycles. The molecule has 0 saturated heterocycles. The summed E-state index contributed by atoms with van der Waals surface area (Å²) in [5.74, 6) is 2.37. The molecule has 20 aromatic rings. The zero-order chi connectivity index (χ0) is 74.9. The molecule has 0 radical (unpaired) electrons. The van der Waals surface area contributed by atoms with Crippen molar-refractivity contribution in [2.45, 2.75) is 0 Å². The van der Waals surface area contributed by atoms with Crippen LogP contribution in [0.5, 0.6) is 0 Å². The van der Waals surface area contributed by atoms with Crippen molar-refractivity contribution in [3.63, 3.8) is 0 Å². The van der Waals surface area contributed by atoms with Crippen molar-refractivity contribution in [1.29, 1.82) is 0 Å². The molecule has 14 aromatic carbocycles. The Balaban J connectivity index is 0.000000151. The summed E-state index contributed by atoms with van der Waals surface area (Å²) < 4.78 is 0. The van der Waals surface area contributed by atoms with Gasteiger partial charge in [0.2, 0.25) is 11.4 Å². The van der Waals surface area contributed by atoms with Crippen molar-refractivity contribution in [1.82, 2.24) is 54.8 Å². The maximum Gasteiger partial charge on any atom is 0.215 e. The van der Waals surface area contributed by atoms with Crippen LogP contribution in [0.25, 0.3) is 211 Å². The molecule has 0 atom stereocenters. The molecule has 0 aliphatic heterocycles. The summed E-state index contributed by atoms with van der Waals surface area (Å²) in [5.41, 5.74) is 21.9. The third-order valence-electron chi connectivity index (χ3n) is 20.0. The molecule has 0 spiro atoms. The molecule has 0 aliphatic rings. The molecule has 0 aliphatic carbocycles. The normalized spacial score (nSPS) is 11.2. The first-order chi connectivity index (χ1) is 55.4. The molecule has 6 heterocycles. The maximum atomic E-state index is 8.38. The van der Waals surface area contributed by atoms with E-state index in [1.807, 2.05) is 297 Å². The lowest BCUT2D eigenvalue weighted by Crippen LogP contribution is -2.00. The Morgan fingerprint density at radius 1 is 0.179 bits per heavy atom. The van der Waals surface area contributed by atoms with Gasteiger partial charge in [-0.25, -0.2) is 54.5 Å². The summed E-state index contributed by atoms with van der Waals surface area (Å²) in [7, 11) is 0. The summed E-state index contributed by atoms with van der Waals surface area (Å²) in [6.07, 6.45) is 0. The Labute approximate surface area is 644 Å². The van der Waals surface area contributed by atoms with Crippen LogP contribution in [0.2, 0.25) is 0 Å². The number of nitrogens with zero attached hydrogens (tertiary/aromatic N) is 13. The summed E-state index contributed by atoms with van der Waals surface area (Å²) >= 11 is 0. The van der Waals surface area contributed by atoms with Gasteiger partial charge in [0.05, 0.1) is 91.8 Å². The fraction of sp³-hybridized carbons (Fsp3) is 0. The lowest BCUT2D eigenvalue weighted by molar-refractivity contribution is 1.07. The van der Waals surface area contributed by atoms with Gasteiger partial charge in [0.1, 0.15) is 0 Å². The number of para-hydroxylation sites is 2. The fourth-order valence-corrected chi connectivity index (χ4v) is 14.7. The zero-order valence-electron chi connectivity index (χ0n) is 59.9. The van der Waals surface area contributed by atoms with Crippen molar-refractivity contribution in [2.75, 3.05) is 0 Å². The van der Waals surface area contributed by atoms with Crippen LogP contribution in [-0.4, -0.2) is 54.8 Å². The molecule has 0 amide bonds. The Bertz CT molecular complexity index is 6570. The summed E-state index contributed by atoms with van der Waals surface area (Å²) in [6.45, 7) is 16.8. The predicted molar refractivity (Wildman–Crippen MR) is 451 cm³/mol. The topological polar surface area (TPSA) is 151 Å². The molecule has 0 N–H and O–H groups in total. The molecular weight excluding hydrogens is 1370 g/mol. The van der Waals surface area contributed by atoms with E-state index in [4.69, 9.17) is 68.0 Å². The minimum atomic E-state index is 0.406. The number of pyridine rings is 2. The lowest BCUT2D eigenvalue weighted by atomic mass is 9.95. The van der Waals surface area contributed by atoms with Gasteiger partial charge in [-0.15, -0.1) is 0 Å². The van der Waals surface area contributed by atoms with Crippen LogP contribution in [-0.2, 0) is 0 Å². The third kappa shape index (κ3) is 12.7. The van der Waals surface area contributed by atoms with Crippen LogP contribution in [0, 0.1) is 13.1 Å². The van der Waals surface area contributed by atoms with Gasteiger partial charge in [0.15, 0.2) is 23.3 Å². The lowest BCUT2D eigenvalue weighted by Gasteiger charge is -2.16. The molecule has 0 bridgehead atoms. The zero-order valence-corrected chi connectivity index (χ0v) is 59.9. The van der Waals surface area contributed by atoms with Crippen molar-refractivity contribution in [3.05, 3.63) is 381 Å². The molecular formula is C99H59N13. The Hall–Kier alpha value is -15.8. The number of hydrogen-bond acceptors (Lipinski definition) is 11. The van der Waals surface area contributed by atoms with Gasteiger partial charge in [-0.3, -0.25) is 9.97 Å². The second kappa shape index (κ2) is 29.1. The summed E-state index contributed by atoms with van der Waals surface area (Å²) in [6, 6.07) is 119. The Morgan fingerprint density at radius 2 is 0.455 bits per heavy atom. The Kier molecular flexibility index (Phi) is 17.4. The van der Waals surface area contributed by atoms with Crippen molar-refractivity contribution >= 4 is 76.8 Å². The van der Waals surface area contributed by atoms with Crippen molar-refractivity contribution in [3.8, 4) is 136 Å². The highest BCUT2D eigenvalue weighted by Gasteiger charge is 2.26. The molecule has 13 nitrogen and oxygen atoms in total. The van der Waals surface area contributed by atoms with E-state index in [0.29, 0.717) is 56.7 Å². The second-order valence-corrected chi connectivity index (χ2v) is 26.9. The first-order valence-electron chi connectivity index (χ1n) is 36.6. The van der Waals surface area contributed by atoms with Crippen molar-refractivity contribution < 1.29 is 0 Å². The van der Waals surface area contributed by atoms with E-state index in [1.54, 1.807) is 0 Å². The largest absolute Gasteiger partial charge is 0.255 e. The highest BCUT2D eigenvalue weighted by Crippen LogP contribution is 2.46. The van der Waals surface area contributed by atoms with Gasteiger partial charge >= 0.3 is 0 Å². The second-order valence-electron chi connectivity index (χ2n) is 26.9. The Morgan fingerprint density at radius 3 is 0.830 bits per heavy atom. The quantitative estimate of drug-likeness (QED) is 0.0849. The van der Waals surface area contributed by atoms with Crippen LogP contribution in [0.4, 0.5) is 11.4 Å². The minimum absolute atomic E-state index is 0.406. The summed E-state index contributed by atoms with van der Waals surface area (Å²) in [5, 5.41) is 5.31. The predicted octanol–water partition coefficient (Wildman–Crippen LogP) is 24.7. The minimum Gasteiger partial charge on any atom is -0.255 e. The number of hydrogen-bond donors (Lipinski definition) is 0. The molecule has 520 valence electrons. The van der Waals surface area contributed by atoms with Gasteiger partial charge in [-0.1, -0.05) is 315 Å². The third-order valence-corrected chi connectivity index (χ3v) is 20.0. The molecule has 0 unspecified atom stereocenters. The highest BCUT2D eigenvalue weighted by atomic mass is 15.0. The molecule has 112 heavy (non-hydrogen) atoms. The van der Waals surface area contributed by atoms with E-state index in [1.165, 1.54) is 0 Å². The van der Waals surface area contributed by atoms with Crippen molar-refractivity contribution in [2.24, 2.45) is 0 Å². The average molecular weight is 1430 g/mol. The highest BCUT2D eigenvalue weighted by molar-refractivity contribution is 6.25. The smallest absolute Gasteiger partial charge is 0.215 e. The number of rotatable bonds is 12. The summed E-state index contributed by atoms with van der Waals surface area (Å²) in [4.78, 5) is 64.9. The van der Waals surface area contributed by atoms with Gasteiger partial charge in [-0.05, 0) is 42.5 Å². The van der Waals surface area contributed by atoms with E-state index in [0.717, 1.165) is 156 Å². The first kappa shape index (κ1) is 66.8. The van der Waals surface area contributed by atoms with Gasteiger partial charge < -0.3 is 0 Å². The van der Waals surface area contributed by atoms with E-state index in [2.05, 4.69) is 70.4 Å². The van der Waals surface area contributed by atoms with Crippen LogP contribution >= 0.6 is 0 Å². The molecule has 6 aromatic heterocycles. The van der Waals surface area contributed by atoms with E-state index < -0.39 is 0 Å². The standard InChI is InChI=1S/C50H30N6.C49H29N7/c1-51-43-30-39-44(49-48(43)55-46(33-19-8-3-9-20-33)47(56-49)34-21-10-4-11-22-34)38-27-14-15-28-40(38)52-45(39)37-26-16-25-36(29-37)42-31-41(32-17-6-2-7-18-32)53-50(54-42)35-23-12-5-13-24-35;1-50-40-30-38-41(46-45(40)52-43(31-17-6-2-7-18-31)44(53-46)32-19-8-3-9-20-32)37-27-14-15-28-39(37)51-42(38)35-25-16-26-36(29-35)49-55-47(33-21-10-4-11-22-33)54-48(56-49)34-23-12-5-13-24-34/h2-31H;2-30H. The van der Waals surface area contributed by atoms with Crippen LogP contribution in [0.15, 0.2) is 358 Å². The number of benzene rings is 14. The van der Waals surface area contributed by atoms with E-state index in [-0.39, 0.29) is 0 Å². The van der Waals surface area contributed by atoms with Gasteiger partial charge in [0, 0.05) is 99.1 Å². The first-order valence-corrected chi connectivity index (χ1v) is 36.6. The van der Waals surface area contributed by atoms with Gasteiger partial charge in [0.25, 0.3) is 0 Å². The molecule has 13 heteroatoms. The maximum absolute atomic E-state index is 8.38. The molecule has 20 rings (SSSR count).